The third-order valence-corrected chi connectivity index (χ3v) is 5.69. The molecule has 31 heavy (non-hydrogen) atoms. The van der Waals surface area contributed by atoms with Crippen molar-refractivity contribution in [2.45, 2.75) is 20.4 Å². The number of anilines is 2. The summed E-state index contributed by atoms with van der Waals surface area (Å²) in [6.45, 7) is 6.74. The molecule has 0 aliphatic heterocycles. The number of nitrogens with zero attached hydrogens (tertiary/aromatic N) is 3. The maximum absolute atomic E-state index is 11.1. The molecule has 2 heterocycles. The summed E-state index contributed by atoms with van der Waals surface area (Å²) < 4.78 is 0. The van der Waals surface area contributed by atoms with Crippen molar-refractivity contribution >= 4 is 33.9 Å². The van der Waals surface area contributed by atoms with E-state index in [2.05, 4.69) is 34.0 Å². The molecular formula is C25H25ClN4O. The van der Waals surface area contributed by atoms with E-state index in [4.69, 9.17) is 11.6 Å². The van der Waals surface area contributed by atoms with Gasteiger partial charge in [0.1, 0.15) is 5.75 Å². The summed E-state index contributed by atoms with van der Waals surface area (Å²) in [4.78, 5) is 10.8. The summed E-state index contributed by atoms with van der Waals surface area (Å²) in [5, 5.41) is 16.2. The first-order valence-electron chi connectivity index (χ1n) is 10.4. The van der Waals surface area contributed by atoms with Gasteiger partial charge in [-0.25, -0.2) is 0 Å². The van der Waals surface area contributed by atoms with Crippen molar-refractivity contribution in [1.29, 1.82) is 0 Å². The van der Waals surface area contributed by atoms with E-state index >= 15 is 0 Å². The van der Waals surface area contributed by atoms with Gasteiger partial charge in [0.15, 0.2) is 0 Å². The average molecular weight is 433 g/mol. The highest BCUT2D eigenvalue weighted by Gasteiger charge is 2.15. The molecule has 2 aromatic heterocycles. The second kappa shape index (κ2) is 9.33. The summed E-state index contributed by atoms with van der Waals surface area (Å²) >= 11 is 6.14. The second-order valence-electron chi connectivity index (χ2n) is 7.37. The van der Waals surface area contributed by atoms with Gasteiger partial charge < -0.3 is 10.4 Å². The van der Waals surface area contributed by atoms with Gasteiger partial charge >= 0.3 is 0 Å². The molecule has 6 heteroatoms. The van der Waals surface area contributed by atoms with Gasteiger partial charge in [-0.1, -0.05) is 25.4 Å². The number of phenols is 1. The Morgan fingerprint density at radius 1 is 0.968 bits per heavy atom. The maximum atomic E-state index is 11.1. The van der Waals surface area contributed by atoms with E-state index in [-0.39, 0.29) is 0 Å². The molecule has 0 aliphatic rings. The Hall–Kier alpha value is -3.15. The van der Waals surface area contributed by atoms with Crippen LogP contribution in [0.3, 0.4) is 0 Å². The summed E-state index contributed by atoms with van der Waals surface area (Å²) in [6, 6.07) is 15.4. The minimum Gasteiger partial charge on any atom is -0.507 e. The number of rotatable bonds is 7. The Labute approximate surface area is 187 Å². The van der Waals surface area contributed by atoms with Gasteiger partial charge in [-0.3, -0.25) is 14.9 Å². The van der Waals surface area contributed by atoms with Gasteiger partial charge in [0.05, 0.1) is 5.52 Å². The molecular weight excluding hydrogens is 408 g/mol. The van der Waals surface area contributed by atoms with Crippen molar-refractivity contribution in [2.24, 2.45) is 0 Å². The molecule has 0 spiro atoms. The van der Waals surface area contributed by atoms with Crippen molar-refractivity contribution < 1.29 is 5.11 Å². The molecule has 0 unspecified atom stereocenters. The fourth-order valence-electron chi connectivity index (χ4n) is 3.71. The number of hydrogen-bond donors (Lipinski definition) is 2. The number of halogens is 1. The Morgan fingerprint density at radius 3 is 2.48 bits per heavy atom. The van der Waals surface area contributed by atoms with Crippen LogP contribution in [-0.4, -0.2) is 33.1 Å². The second-order valence-corrected chi connectivity index (χ2v) is 7.81. The van der Waals surface area contributed by atoms with Crippen LogP contribution < -0.4 is 5.32 Å². The highest BCUT2D eigenvalue weighted by Crippen LogP contribution is 2.37. The standard InChI is InChI=1S/C25H25ClN4O/c1-3-30(4-2)16-18-13-20(15-22(25(18)31)17-7-10-27-11-8-17)29-23-9-12-28-24-14-19(26)5-6-21(23)24/h5-15,31H,3-4,16H2,1-2H3,(H,28,29). The van der Waals surface area contributed by atoms with E-state index in [0.717, 1.165) is 52.1 Å². The normalized spacial score (nSPS) is 11.2. The summed E-state index contributed by atoms with van der Waals surface area (Å²) in [6.07, 6.45) is 5.24. The minimum absolute atomic E-state index is 0.301. The van der Waals surface area contributed by atoms with Gasteiger partial charge in [0.25, 0.3) is 0 Å². The average Bonchev–Trinajstić information content (AvgIpc) is 2.79. The SMILES string of the molecule is CCN(CC)Cc1cc(Nc2ccnc3cc(Cl)ccc23)cc(-c2ccncc2)c1O. The molecule has 0 bridgehead atoms. The highest BCUT2D eigenvalue weighted by atomic mass is 35.5. The molecule has 4 rings (SSSR count). The van der Waals surface area contributed by atoms with Crippen LogP contribution in [0.4, 0.5) is 11.4 Å². The predicted molar refractivity (Wildman–Crippen MR) is 128 cm³/mol. The molecule has 0 amide bonds. The van der Waals surface area contributed by atoms with E-state index < -0.39 is 0 Å². The monoisotopic (exact) mass is 432 g/mol. The first-order chi connectivity index (χ1) is 15.1. The number of benzene rings is 2. The van der Waals surface area contributed by atoms with E-state index in [9.17, 15) is 5.11 Å². The van der Waals surface area contributed by atoms with E-state index in [0.29, 0.717) is 17.3 Å². The van der Waals surface area contributed by atoms with Gasteiger partial charge in [-0.05, 0) is 67.2 Å². The van der Waals surface area contributed by atoms with Crippen molar-refractivity contribution in [3.05, 3.63) is 77.7 Å². The number of fused-ring (bicyclic) bond motifs is 1. The molecule has 5 nitrogen and oxygen atoms in total. The first-order valence-corrected chi connectivity index (χ1v) is 10.8. The van der Waals surface area contributed by atoms with E-state index in [1.807, 2.05) is 48.5 Å². The lowest BCUT2D eigenvalue weighted by atomic mass is 10.0. The largest absolute Gasteiger partial charge is 0.507 e. The van der Waals surface area contributed by atoms with Gasteiger partial charge in [-0.15, -0.1) is 0 Å². The van der Waals surface area contributed by atoms with Gasteiger partial charge in [0, 0.05) is 58.0 Å². The topological polar surface area (TPSA) is 61.3 Å². The van der Waals surface area contributed by atoms with Crippen LogP contribution in [0, 0.1) is 0 Å². The van der Waals surface area contributed by atoms with Crippen LogP contribution in [0.2, 0.25) is 5.02 Å². The molecule has 2 aromatic carbocycles. The zero-order valence-corrected chi connectivity index (χ0v) is 18.4. The molecule has 0 saturated heterocycles. The van der Waals surface area contributed by atoms with Crippen molar-refractivity contribution in [3.63, 3.8) is 0 Å². The lowest BCUT2D eigenvalue weighted by molar-refractivity contribution is 0.291. The number of pyridine rings is 2. The summed E-state index contributed by atoms with van der Waals surface area (Å²) in [5.41, 5.74) is 5.23. The van der Waals surface area contributed by atoms with Gasteiger partial charge in [-0.2, -0.15) is 0 Å². The van der Waals surface area contributed by atoms with Crippen LogP contribution >= 0.6 is 11.6 Å². The van der Waals surface area contributed by atoms with E-state index in [1.54, 1.807) is 18.6 Å². The van der Waals surface area contributed by atoms with Crippen molar-refractivity contribution in [1.82, 2.24) is 14.9 Å². The molecule has 0 saturated carbocycles. The van der Waals surface area contributed by atoms with Crippen LogP contribution in [-0.2, 0) is 6.54 Å². The fourth-order valence-corrected chi connectivity index (χ4v) is 3.88. The zero-order valence-electron chi connectivity index (χ0n) is 17.6. The Balaban J connectivity index is 1.80. The third-order valence-electron chi connectivity index (χ3n) is 5.45. The van der Waals surface area contributed by atoms with Crippen LogP contribution in [0.1, 0.15) is 19.4 Å². The molecule has 0 radical (unpaired) electrons. The Bertz CT molecular complexity index is 1190. The minimum atomic E-state index is 0.301. The number of aromatic nitrogens is 2. The smallest absolute Gasteiger partial charge is 0.128 e. The summed E-state index contributed by atoms with van der Waals surface area (Å²) in [7, 11) is 0. The number of aromatic hydroxyl groups is 1. The van der Waals surface area contributed by atoms with Crippen LogP contribution in [0.15, 0.2) is 67.1 Å². The first kappa shape index (κ1) is 21.1. The van der Waals surface area contributed by atoms with Crippen molar-refractivity contribution in [2.75, 3.05) is 18.4 Å². The third kappa shape index (κ3) is 4.63. The quantitative estimate of drug-likeness (QED) is 0.338. The van der Waals surface area contributed by atoms with Crippen LogP contribution in [0.25, 0.3) is 22.0 Å². The molecule has 0 aliphatic carbocycles. The Kier molecular flexibility index (Phi) is 6.35. The number of nitrogens with one attached hydrogen (secondary N) is 1. The molecule has 4 aromatic rings. The van der Waals surface area contributed by atoms with Crippen LogP contribution in [0.5, 0.6) is 5.75 Å². The predicted octanol–water partition coefficient (Wildman–Crippen LogP) is 6.24. The number of phenolic OH excluding ortho intramolecular Hbond substituents is 1. The zero-order chi connectivity index (χ0) is 21.8. The maximum Gasteiger partial charge on any atom is 0.128 e. The Morgan fingerprint density at radius 2 is 1.74 bits per heavy atom. The summed E-state index contributed by atoms with van der Waals surface area (Å²) in [5.74, 6) is 0.301. The molecule has 0 atom stereocenters. The lowest BCUT2D eigenvalue weighted by Crippen LogP contribution is -2.22. The molecule has 2 N–H and O–H groups in total. The molecule has 158 valence electrons. The highest BCUT2D eigenvalue weighted by molar-refractivity contribution is 6.31. The fraction of sp³-hybridized carbons (Fsp3) is 0.200. The number of hydrogen-bond acceptors (Lipinski definition) is 5. The molecule has 0 fully saturated rings. The van der Waals surface area contributed by atoms with E-state index in [1.165, 1.54) is 0 Å². The van der Waals surface area contributed by atoms with Crippen molar-refractivity contribution in [3.8, 4) is 16.9 Å². The van der Waals surface area contributed by atoms with Gasteiger partial charge in [0.2, 0.25) is 0 Å². The lowest BCUT2D eigenvalue weighted by Gasteiger charge is -2.21.